The monoisotopic (exact) mass is 493 g/mol. The van der Waals surface area contributed by atoms with Gasteiger partial charge in [-0.3, -0.25) is 19.3 Å². The van der Waals surface area contributed by atoms with Crippen LogP contribution in [-0.2, 0) is 20.9 Å². The Morgan fingerprint density at radius 2 is 1.94 bits per heavy atom. The lowest BCUT2D eigenvalue weighted by atomic mass is 10.1. The normalized spacial score (nSPS) is 14.7. The van der Waals surface area contributed by atoms with E-state index in [1.54, 1.807) is 38.1 Å². The third-order valence-electron chi connectivity index (χ3n) is 4.37. The van der Waals surface area contributed by atoms with E-state index in [0.29, 0.717) is 35.2 Å². The highest BCUT2D eigenvalue weighted by Gasteiger charge is 2.36. The van der Waals surface area contributed by atoms with E-state index in [1.165, 1.54) is 18.2 Å². The molecular weight excluding hydrogens is 473 g/mol. The van der Waals surface area contributed by atoms with Gasteiger partial charge in [-0.15, -0.1) is 0 Å². The molecule has 2 amide bonds. The second-order valence-corrected chi connectivity index (χ2v) is 8.15. The minimum Gasteiger partial charge on any atom is -0.490 e. The fourth-order valence-electron chi connectivity index (χ4n) is 2.98. The molecule has 1 heterocycles. The molecule has 0 spiro atoms. The quantitative estimate of drug-likeness (QED) is 0.357. The van der Waals surface area contributed by atoms with Crippen LogP contribution in [0.3, 0.4) is 0 Å². The molecule has 0 saturated carbocycles. The summed E-state index contributed by atoms with van der Waals surface area (Å²) in [5.41, 5.74) is 1.12. The summed E-state index contributed by atoms with van der Waals surface area (Å²) in [6.45, 7) is 3.52. The van der Waals surface area contributed by atoms with Crippen molar-refractivity contribution in [1.82, 2.24) is 4.90 Å². The van der Waals surface area contributed by atoms with E-state index in [0.717, 1.165) is 4.90 Å². The number of nitrogens with zero attached hydrogens (tertiary/aromatic N) is 1. The van der Waals surface area contributed by atoms with Crippen molar-refractivity contribution >= 4 is 46.6 Å². The van der Waals surface area contributed by atoms with Gasteiger partial charge >= 0.3 is 5.97 Å². The molecule has 0 N–H and O–H groups in total. The summed E-state index contributed by atoms with van der Waals surface area (Å²) in [4.78, 5) is 37.4. The summed E-state index contributed by atoms with van der Waals surface area (Å²) < 4.78 is 29.6. The summed E-state index contributed by atoms with van der Waals surface area (Å²) in [5, 5.41) is -0.347. The maximum absolute atomic E-state index is 13.4. The molecule has 0 radical (unpaired) electrons. The number of imide groups is 1. The summed E-state index contributed by atoms with van der Waals surface area (Å²) >= 11 is 7.13. The van der Waals surface area contributed by atoms with Gasteiger partial charge in [-0.25, -0.2) is 4.39 Å². The van der Waals surface area contributed by atoms with Gasteiger partial charge in [0, 0.05) is 0 Å². The number of benzene rings is 2. The van der Waals surface area contributed by atoms with Gasteiger partial charge in [0.1, 0.15) is 19.0 Å². The molecule has 0 aromatic heterocycles. The van der Waals surface area contributed by atoms with Crippen molar-refractivity contribution in [3.05, 3.63) is 63.3 Å². The highest BCUT2D eigenvalue weighted by atomic mass is 35.5. The predicted octanol–water partition coefficient (Wildman–Crippen LogP) is 5.06. The standard InChI is InChI=1S/C23H21ClFNO6S/c1-3-30-18-10-15(9-17(24)21(18)32-13-14-6-5-7-16(25)8-14)11-19-22(28)26(23(29)33-19)12-20(27)31-4-2/h5-11H,3-4,12-13H2,1-2H3/b19-11+. The highest BCUT2D eigenvalue weighted by molar-refractivity contribution is 8.18. The topological polar surface area (TPSA) is 82.1 Å². The van der Waals surface area contributed by atoms with Crippen molar-refractivity contribution in [2.45, 2.75) is 20.5 Å². The number of esters is 1. The molecule has 2 aromatic rings. The molecule has 7 nitrogen and oxygen atoms in total. The number of carbonyl (C=O) groups excluding carboxylic acids is 3. The fourth-order valence-corrected chi connectivity index (χ4v) is 4.09. The van der Waals surface area contributed by atoms with Crippen molar-refractivity contribution in [2.24, 2.45) is 0 Å². The van der Waals surface area contributed by atoms with E-state index in [4.69, 9.17) is 25.8 Å². The van der Waals surface area contributed by atoms with Gasteiger partial charge in [-0.1, -0.05) is 23.7 Å². The molecule has 1 fully saturated rings. The van der Waals surface area contributed by atoms with E-state index in [2.05, 4.69) is 0 Å². The number of carbonyl (C=O) groups is 3. The van der Waals surface area contributed by atoms with Crippen LogP contribution >= 0.6 is 23.4 Å². The lowest BCUT2D eigenvalue weighted by Gasteiger charge is -2.15. The first-order chi connectivity index (χ1) is 15.8. The van der Waals surface area contributed by atoms with Crippen LogP contribution in [0, 0.1) is 5.82 Å². The van der Waals surface area contributed by atoms with Crippen LogP contribution in [0.5, 0.6) is 11.5 Å². The van der Waals surface area contributed by atoms with Crippen molar-refractivity contribution in [3.8, 4) is 11.5 Å². The summed E-state index contributed by atoms with van der Waals surface area (Å²) in [6.07, 6.45) is 1.49. The number of halogens is 2. The van der Waals surface area contributed by atoms with Crippen LogP contribution in [0.25, 0.3) is 6.08 Å². The molecule has 0 atom stereocenters. The second kappa shape index (κ2) is 11.2. The van der Waals surface area contributed by atoms with E-state index in [9.17, 15) is 18.8 Å². The lowest BCUT2D eigenvalue weighted by molar-refractivity contribution is -0.145. The highest BCUT2D eigenvalue weighted by Crippen LogP contribution is 2.39. The molecule has 3 rings (SSSR count). The van der Waals surface area contributed by atoms with Gasteiger partial charge in [0.2, 0.25) is 0 Å². The number of ether oxygens (including phenoxy) is 3. The van der Waals surface area contributed by atoms with Crippen LogP contribution in [-0.4, -0.2) is 41.8 Å². The number of amides is 2. The summed E-state index contributed by atoms with van der Waals surface area (Å²) in [6, 6.07) is 9.18. The molecule has 0 aliphatic carbocycles. The molecule has 1 aliphatic rings. The minimum absolute atomic E-state index is 0.0731. The van der Waals surface area contributed by atoms with Crippen molar-refractivity contribution in [3.63, 3.8) is 0 Å². The fraction of sp³-hybridized carbons (Fsp3) is 0.261. The average Bonchev–Trinajstić information content (AvgIpc) is 3.01. The largest absolute Gasteiger partial charge is 0.490 e. The van der Waals surface area contributed by atoms with Crippen molar-refractivity contribution in [1.29, 1.82) is 0 Å². The molecule has 33 heavy (non-hydrogen) atoms. The number of rotatable bonds is 9. The maximum Gasteiger partial charge on any atom is 0.326 e. The molecule has 1 saturated heterocycles. The molecule has 0 unspecified atom stereocenters. The Morgan fingerprint density at radius 3 is 2.64 bits per heavy atom. The summed E-state index contributed by atoms with van der Waals surface area (Å²) in [7, 11) is 0. The third-order valence-corrected chi connectivity index (χ3v) is 5.56. The van der Waals surface area contributed by atoms with Gasteiger partial charge in [0.25, 0.3) is 11.1 Å². The van der Waals surface area contributed by atoms with E-state index >= 15 is 0 Å². The van der Waals surface area contributed by atoms with Gasteiger partial charge in [0.15, 0.2) is 11.5 Å². The number of thioether (sulfide) groups is 1. The van der Waals surface area contributed by atoms with E-state index in [1.807, 2.05) is 0 Å². The Bertz CT molecular complexity index is 1110. The Morgan fingerprint density at radius 1 is 1.15 bits per heavy atom. The zero-order valence-electron chi connectivity index (χ0n) is 17.9. The van der Waals surface area contributed by atoms with Gasteiger partial charge in [-0.2, -0.15) is 0 Å². The van der Waals surface area contributed by atoms with E-state index < -0.39 is 23.7 Å². The SMILES string of the molecule is CCOC(=O)CN1C(=O)S/C(=C/c2cc(Cl)c(OCc3cccc(F)c3)c(OCC)c2)C1=O. The van der Waals surface area contributed by atoms with Crippen LogP contribution in [0.4, 0.5) is 9.18 Å². The smallest absolute Gasteiger partial charge is 0.326 e. The second-order valence-electron chi connectivity index (χ2n) is 6.75. The Kier molecular flexibility index (Phi) is 8.35. The predicted molar refractivity (Wildman–Crippen MR) is 123 cm³/mol. The lowest BCUT2D eigenvalue weighted by Crippen LogP contribution is -2.34. The first-order valence-electron chi connectivity index (χ1n) is 10.1. The molecule has 2 aromatic carbocycles. The van der Waals surface area contributed by atoms with Crippen LogP contribution in [0.1, 0.15) is 25.0 Å². The zero-order chi connectivity index (χ0) is 24.0. The van der Waals surface area contributed by atoms with Gasteiger partial charge in [0.05, 0.1) is 23.1 Å². The summed E-state index contributed by atoms with van der Waals surface area (Å²) in [5.74, 6) is -1.03. The zero-order valence-corrected chi connectivity index (χ0v) is 19.5. The average molecular weight is 494 g/mol. The molecule has 1 aliphatic heterocycles. The minimum atomic E-state index is -0.664. The van der Waals surface area contributed by atoms with Gasteiger partial charge < -0.3 is 14.2 Å². The number of hydrogen-bond donors (Lipinski definition) is 0. The third kappa shape index (κ3) is 6.27. The Balaban J connectivity index is 1.82. The Labute approximate surface area is 199 Å². The number of hydrogen-bond acceptors (Lipinski definition) is 7. The van der Waals surface area contributed by atoms with Crippen LogP contribution in [0.15, 0.2) is 41.3 Å². The van der Waals surface area contributed by atoms with Crippen LogP contribution in [0.2, 0.25) is 5.02 Å². The molecule has 10 heteroatoms. The first-order valence-corrected chi connectivity index (χ1v) is 11.3. The first kappa shape index (κ1) is 24.6. The van der Waals surface area contributed by atoms with Crippen molar-refractivity contribution < 1.29 is 33.0 Å². The maximum atomic E-state index is 13.4. The molecule has 0 bridgehead atoms. The molecular formula is C23H21ClFNO6S. The van der Waals surface area contributed by atoms with Gasteiger partial charge in [-0.05, 0) is 67.1 Å². The van der Waals surface area contributed by atoms with Crippen LogP contribution < -0.4 is 9.47 Å². The van der Waals surface area contributed by atoms with Crippen molar-refractivity contribution in [2.75, 3.05) is 19.8 Å². The molecule has 174 valence electrons. The van der Waals surface area contributed by atoms with E-state index in [-0.39, 0.29) is 34.7 Å². The Hall–Kier alpha value is -3.04.